The molecule has 3 aromatic rings. The number of thiazole rings is 2. The van der Waals surface area contributed by atoms with Crippen molar-refractivity contribution in [3.63, 3.8) is 0 Å². The molecule has 3 aromatic heterocycles. The zero-order valence-corrected chi connectivity index (χ0v) is 15.4. The second-order valence-electron chi connectivity index (χ2n) is 6.00. The van der Waals surface area contributed by atoms with E-state index in [2.05, 4.69) is 15.0 Å². The first kappa shape index (κ1) is 16.3. The summed E-state index contributed by atoms with van der Waals surface area (Å²) in [5, 5.41) is 2.96. The van der Waals surface area contributed by atoms with E-state index in [9.17, 15) is 4.79 Å². The molecule has 8 heteroatoms. The molecule has 0 aliphatic carbocycles. The summed E-state index contributed by atoms with van der Waals surface area (Å²) in [4.78, 5) is 32.6. The minimum absolute atomic E-state index is 0.0386. The largest absolute Gasteiger partial charge is 0.337 e. The van der Waals surface area contributed by atoms with Gasteiger partial charge in [-0.15, -0.1) is 22.7 Å². The Kier molecular flexibility index (Phi) is 4.54. The summed E-state index contributed by atoms with van der Waals surface area (Å²) >= 11 is 3.17. The quantitative estimate of drug-likeness (QED) is 0.706. The fraction of sp³-hybridized carbons (Fsp3) is 0.353. The standard InChI is InChI=1S/C17H17N5OS2/c1-11-15(13-2-5-18-9-19-13)25-16(21-11)12-3-6-22(7-4-12)17(23)14-8-24-10-20-14/h2,5,8-10,12H,3-4,6-7H2,1H3. The molecule has 25 heavy (non-hydrogen) atoms. The van der Waals surface area contributed by atoms with Crippen LogP contribution in [0.15, 0.2) is 29.5 Å². The van der Waals surface area contributed by atoms with Crippen LogP contribution in [0.4, 0.5) is 0 Å². The lowest BCUT2D eigenvalue weighted by atomic mass is 9.97. The fourth-order valence-electron chi connectivity index (χ4n) is 3.06. The number of piperidine rings is 1. The van der Waals surface area contributed by atoms with Gasteiger partial charge in [0.15, 0.2) is 0 Å². The maximum absolute atomic E-state index is 12.4. The van der Waals surface area contributed by atoms with Gasteiger partial charge in [-0.1, -0.05) is 0 Å². The van der Waals surface area contributed by atoms with Gasteiger partial charge in [0.1, 0.15) is 12.0 Å². The van der Waals surface area contributed by atoms with Crippen molar-refractivity contribution in [3.05, 3.63) is 45.9 Å². The van der Waals surface area contributed by atoms with Gasteiger partial charge in [0.2, 0.25) is 0 Å². The molecule has 0 unspecified atom stereocenters. The molecule has 1 saturated heterocycles. The number of nitrogens with zero attached hydrogens (tertiary/aromatic N) is 5. The van der Waals surface area contributed by atoms with Crippen LogP contribution in [0, 0.1) is 6.92 Å². The Hall–Kier alpha value is -2.19. The molecule has 1 aliphatic heterocycles. The van der Waals surface area contributed by atoms with Crippen molar-refractivity contribution in [1.82, 2.24) is 24.8 Å². The van der Waals surface area contributed by atoms with E-state index in [1.807, 2.05) is 23.3 Å². The van der Waals surface area contributed by atoms with Crippen LogP contribution in [0.3, 0.4) is 0 Å². The average Bonchev–Trinajstić information content (AvgIpc) is 3.32. The van der Waals surface area contributed by atoms with E-state index in [0.717, 1.165) is 47.2 Å². The maximum Gasteiger partial charge on any atom is 0.273 e. The molecular formula is C17H17N5OS2. The van der Waals surface area contributed by atoms with Crippen molar-refractivity contribution in [2.75, 3.05) is 13.1 Å². The number of carbonyl (C=O) groups excluding carboxylic acids is 1. The Morgan fingerprint density at radius 2 is 2.12 bits per heavy atom. The number of aryl methyl sites for hydroxylation is 1. The van der Waals surface area contributed by atoms with Crippen molar-refractivity contribution in [3.8, 4) is 10.6 Å². The molecular weight excluding hydrogens is 354 g/mol. The average molecular weight is 371 g/mol. The number of amides is 1. The second kappa shape index (κ2) is 6.97. The first-order valence-corrected chi connectivity index (χ1v) is 9.89. The van der Waals surface area contributed by atoms with Crippen LogP contribution >= 0.6 is 22.7 Å². The molecule has 128 valence electrons. The lowest BCUT2D eigenvalue weighted by Crippen LogP contribution is -2.38. The van der Waals surface area contributed by atoms with Crippen LogP contribution in [-0.2, 0) is 0 Å². The summed E-state index contributed by atoms with van der Waals surface area (Å²) in [6.07, 6.45) is 5.19. The van der Waals surface area contributed by atoms with Gasteiger partial charge in [-0.25, -0.2) is 19.9 Å². The lowest BCUT2D eigenvalue weighted by molar-refractivity contribution is 0.0708. The Morgan fingerprint density at radius 1 is 1.28 bits per heavy atom. The van der Waals surface area contributed by atoms with Gasteiger partial charge in [0.05, 0.1) is 26.8 Å². The van der Waals surface area contributed by atoms with Crippen molar-refractivity contribution in [2.45, 2.75) is 25.7 Å². The predicted molar refractivity (Wildman–Crippen MR) is 97.9 cm³/mol. The van der Waals surface area contributed by atoms with E-state index in [0.29, 0.717) is 11.6 Å². The molecule has 0 bridgehead atoms. The Morgan fingerprint density at radius 3 is 2.80 bits per heavy atom. The molecule has 4 heterocycles. The Labute approximate surface area is 153 Å². The molecule has 1 amide bonds. The summed E-state index contributed by atoms with van der Waals surface area (Å²) in [6.45, 7) is 3.53. The summed E-state index contributed by atoms with van der Waals surface area (Å²) in [6, 6.07) is 1.92. The second-order valence-corrected chi connectivity index (χ2v) is 7.75. The Bertz CT molecular complexity index is 855. The van der Waals surface area contributed by atoms with Crippen LogP contribution < -0.4 is 0 Å². The van der Waals surface area contributed by atoms with Crippen LogP contribution in [0.25, 0.3) is 10.6 Å². The summed E-state index contributed by atoms with van der Waals surface area (Å²) in [7, 11) is 0. The summed E-state index contributed by atoms with van der Waals surface area (Å²) < 4.78 is 0. The number of carbonyl (C=O) groups is 1. The molecule has 0 radical (unpaired) electrons. The minimum Gasteiger partial charge on any atom is -0.337 e. The van der Waals surface area contributed by atoms with Gasteiger partial charge in [-0.05, 0) is 25.8 Å². The Balaban J connectivity index is 1.46. The molecule has 1 aliphatic rings. The third kappa shape index (κ3) is 3.32. The topological polar surface area (TPSA) is 71.9 Å². The van der Waals surface area contributed by atoms with Crippen molar-refractivity contribution < 1.29 is 4.79 Å². The zero-order valence-electron chi connectivity index (χ0n) is 13.8. The maximum atomic E-state index is 12.4. The first-order valence-electron chi connectivity index (χ1n) is 8.13. The fourth-order valence-corrected chi connectivity index (χ4v) is 4.80. The number of hydrogen-bond donors (Lipinski definition) is 0. The highest BCUT2D eigenvalue weighted by atomic mass is 32.1. The highest BCUT2D eigenvalue weighted by Gasteiger charge is 2.27. The SMILES string of the molecule is Cc1nc(C2CCN(C(=O)c3cscn3)CC2)sc1-c1ccncn1. The van der Waals surface area contributed by atoms with Crippen LogP contribution in [0.5, 0.6) is 0 Å². The van der Waals surface area contributed by atoms with E-state index in [1.54, 1.807) is 29.4 Å². The zero-order chi connectivity index (χ0) is 17.2. The van der Waals surface area contributed by atoms with Gasteiger partial charge in [0.25, 0.3) is 5.91 Å². The number of rotatable bonds is 3. The molecule has 0 atom stereocenters. The third-order valence-electron chi connectivity index (χ3n) is 4.41. The number of hydrogen-bond acceptors (Lipinski definition) is 7. The van der Waals surface area contributed by atoms with E-state index in [4.69, 9.17) is 4.98 Å². The highest BCUT2D eigenvalue weighted by Crippen LogP contribution is 2.36. The molecule has 0 spiro atoms. The lowest BCUT2D eigenvalue weighted by Gasteiger charge is -2.30. The van der Waals surface area contributed by atoms with Crippen LogP contribution in [0.2, 0.25) is 0 Å². The van der Waals surface area contributed by atoms with Gasteiger partial charge < -0.3 is 4.90 Å². The predicted octanol–water partition coefficient (Wildman–Crippen LogP) is 3.38. The van der Waals surface area contributed by atoms with Crippen LogP contribution in [0.1, 0.15) is 39.9 Å². The molecule has 0 N–H and O–H groups in total. The third-order valence-corrected chi connectivity index (χ3v) is 6.34. The number of likely N-dealkylation sites (tertiary alicyclic amines) is 1. The molecule has 0 aromatic carbocycles. The van der Waals surface area contributed by atoms with Crippen LogP contribution in [-0.4, -0.2) is 43.8 Å². The van der Waals surface area contributed by atoms with Crippen molar-refractivity contribution >= 4 is 28.6 Å². The van der Waals surface area contributed by atoms with Gasteiger partial charge in [-0.3, -0.25) is 4.79 Å². The normalized spacial score (nSPS) is 15.5. The monoisotopic (exact) mass is 371 g/mol. The van der Waals surface area contributed by atoms with Gasteiger partial charge in [-0.2, -0.15) is 0 Å². The first-order chi connectivity index (χ1) is 12.2. The van der Waals surface area contributed by atoms with E-state index < -0.39 is 0 Å². The molecule has 6 nitrogen and oxygen atoms in total. The molecule has 4 rings (SSSR count). The van der Waals surface area contributed by atoms with Crippen molar-refractivity contribution in [1.29, 1.82) is 0 Å². The number of aromatic nitrogens is 4. The smallest absolute Gasteiger partial charge is 0.273 e. The van der Waals surface area contributed by atoms with Gasteiger partial charge in [0, 0.05) is 30.6 Å². The molecule has 0 saturated carbocycles. The highest BCUT2D eigenvalue weighted by molar-refractivity contribution is 7.15. The summed E-state index contributed by atoms with van der Waals surface area (Å²) in [5.74, 6) is 0.440. The van der Waals surface area contributed by atoms with Gasteiger partial charge >= 0.3 is 0 Å². The van der Waals surface area contributed by atoms with E-state index in [1.165, 1.54) is 11.3 Å². The molecule has 1 fully saturated rings. The van der Waals surface area contributed by atoms with Crippen molar-refractivity contribution in [2.24, 2.45) is 0 Å². The summed E-state index contributed by atoms with van der Waals surface area (Å²) in [5.41, 5.74) is 4.19. The van der Waals surface area contributed by atoms with E-state index in [-0.39, 0.29) is 5.91 Å². The minimum atomic E-state index is 0.0386. The van der Waals surface area contributed by atoms with E-state index >= 15 is 0 Å².